The maximum atomic E-state index is 12.1. The fraction of sp³-hybridized carbons (Fsp3) is 0.250. The monoisotopic (exact) mass is 294 g/mol. The third kappa shape index (κ3) is 2.69. The van der Waals surface area contributed by atoms with Crippen LogP contribution in [0, 0.1) is 0 Å². The summed E-state index contributed by atoms with van der Waals surface area (Å²) in [5.74, 6) is 0.223. The van der Waals surface area contributed by atoms with Gasteiger partial charge in [-0.2, -0.15) is 0 Å². The minimum atomic E-state index is -0.346. The molecule has 7 heteroatoms. The predicted molar refractivity (Wildman–Crippen MR) is 75.7 cm³/mol. The van der Waals surface area contributed by atoms with Gasteiger partial charge in [0.25, 0.3) is 5.91 Å². The van der Waals surface area contributed by atoms with Crippen molar-refractivity contribution in [3.8, 4) is 0 Å². The summed E-state index contributed by atoms with van der Waals surface area (Å²) in [5.41, 5.74) is 7.30. The number of aromatic nitrogens is 2. The van der Waals surface area contributed by atoms with E-state index in [-0.39, 0.29) is 16.6 Å². The molecule has 5 nitrogen and oxygen atoms in total. The first kappa shape index (κ1) is 12.4. The van der Waals surface area contributed by atoms with Crippen molar-refractivity contribution in [2.75, 3.05) is 11.1 Å². The van der Waals surface area contributed by atoms with Gasteiger partial charge in [-0.3, -0.25) is 10.1 Å². The highest BCUT2D eigenvalue weighted by atomic mass is 35.5. The highest BCUT2D eigenvalue weighted by molar-refractivity contribution is 7.14. The summed E-state index contributed by atoms with van der Waals surface area (Å²) >= 11 is 7.29. The number of amides is 1. The molecule has 0 aromatic carbocycles. The van der Waals surface area contributed by atoms with Crippen molar-refractivity contribution >= 4 is 39.7 Å². The number of nitrogens with two attached hydrogens (primary N) is 1. The Hall–Kier alpha value is -1.66. The Morgan fingerprint density at radius 2 is 2.32 bits per heavy atom. The van der Waals surface area contributed by atoms with Crippen LogP contribution in [0.1, 0.15) is 34.8 Å². The van der Waals surface area contributed by atoms with E-state index in [0.717, 1.165) is 5.69 Å². The van der Waals surface area contributed by atoms with Crippen LogP contribution in [0.5, 0.6) is 0 Å². The fourth-order valence-electron chi connectivity index (χ4n) is 1.70. The third-order valence-electron chi connectivity index (χ3n) is 2.84. The molecule has 1 saturated carbocycles. The van der Waals surface area contributed by atoms with Crippen LogP contribution in [0.3, 0.4) is 0 Å². The quantitative estimate of drug-likeness (QED) is 0.853. The molecule has 1 amide bonds. The SMILES string of the molecule is Nc1cnc(Cl)c(C(=O)Nc2nc(C3CC3)cs2)c1. The molecular formula is C12H11ClN4OS. The van der Waals surface area contributed by atoms with E-state index in [2.05, 4.69) is 15.3 Å². The number of nitrogen functional groups attached to an aromatic ring is 1. The van der Waals surface area contributed by atoms with E-state index in [1.165, 1.54) is 36.4 Å². The zero-order valence-electron chi connectivity index (χ0n) is 9.89. The standard InChI is InChI=1S/C12H11ClN4OS/c13-10-8(3-7(14)4-15-10)11(18)17-12-16-9(5-19-12)6-1-2-6/h3-6H,1-2,14H2,(H,16,17,18). The first-order chi connectivity index (χ1) is 9.13. The van der Waals surface area contributed by atoms with Gasteiger partial charge in [0.05, 0.1) is 23.1 Å². The van der Waals surface area contributed by atoms with Crippen molar-refractivity contribution in [3.05, 3.63) is 34.1 Å². The van der Waals surface area contributed by atoms with Gasteiger partial charge in [-0.25, -0.2) is 9.97 Å². The number of carbonyl (C=O) groups excluding carboxylic acids is 1. The average Bonchev–Trinajstić information content (AvgIpc) is 3.13. The van der Waals surface area contributed by atoms with Gasteiger partial charge in [0.15, 0.2) is 5.13 Å². The summed E-state index contributed by atoms with van der Waals surface area (Å²) < 4.78 is 0. The van der Waals surface area contributed by atoms with Crippen molar-refractivity contribution in [1.82, 2.24) is 9.97 Å². The van der Waals surface area contributed by atoms with E-state index in [9.17, 15) is 4.79 Å². The van der Waals surface area contributed by atoms with Crippen molar-refractivity contribution in [1.29, 1.82) is 0 Å². The van der Waals surface area contributed by atoms with E-state index in [0.29, 0.717) is 16.7 Å². The second-order valence-electron chi connectivity index (χ2n) is 4.41. The normalized spacial score (nSPS) is 14.4. The molecule has 2 aromatic heterocycles. The molecule has 0 atom stereocenters. The highest BCUT2D eigenvalue weighted by Gasteiger charge is 2.26. The van der Waals surface area contributed by atoms with Gasteiger partial charge < -0.3 is 5.73 Å². The van der Waals surface area contributed by atoms with Gasteiger partial charge >= 0.3 is 0 Å². The van der Waals surface area contributed by atoms with E-state index in [1.807, 2.05) is 5.38 Å². The molecule has 2 aromatic rings. The molecule has 0 radical (unpaired) electrons. The lowest BCUT2D eigenvalue weighted by Gasteiger charge is -2.04. The Kier molecular flexibility index (Phi) is 3.12. The molecule has 1 fully saturated rings. The number of pyridine rings is 1. The average molecular weight is 295 g/mol. The number of hydrogen-bond donors (Lipinski definition) is 2. The zero-order chi connectivity index (χ0) is 13.4. The number of hydrogen-bond acceptors (Lipinski definition) is 5. The Balaban J connectivity index is 1.77. The largest absolute Gasteiger partial charge is 0.397 e. The number of anilines is 2. The number of carbonyl (C=O) groups is 1. The second-order valence-corrected chi connectivity index (χ2v) is 5.63. The van der Waals surface area contributed by atoms with Crippen LogP contribution in [0.25, 0.3) is 0 Å². The molecule has 3 rings (SSSR count). The third-order valence-corrected chi connectivity index (χ3v) is 3.92. The van der Waals surface area contributed by atoms with Gasteiger partial charge in [-0.15, -0.1) is 11.3 Å². The molecular weight excluding hydrogens is 284 g/mol. The molecule has 19 heavy (non-hydrogen) atoms. The smallest absolute Gasteiger partial charge is 0.260 e. The maximum Gasteiger partial charge on any atom is 0.260 e. The number of thiazole rings is 1. The highest BCUT2D eigenvalue weighted by Crippen LogP contribution is 2.40. The lowest BCUT2D eigenvalue weighted by molar-refractivity contribution is 0.102. The molecule has 2 heterocycles. The Bertz CT molecular complexity index is 638. The first-order valence-corrected chi connectivity index (χ1v) is 7.07. The molecule has 1 aliphatic carbocycles. The Morgan fingerprint density at radius 3 is 3.05 bits per heavy atom. The summed E-state index contributed by atoms with van der Waals surface area (Å²) in [7, 11) is 0. The molecule has 0 aliphatic heterocycles. The van der Waals surface area contributed by atoms with Gasteiger partial charge in [-0.05, 0) is 18.9 Å². The van der Waals surface area contributed by atoms with E-state index in [1.54, 1.807) is 0 Å². The van der Waals surface area contributed by atoms with Crippen LogP contribution >= 0.6 is 22.9 Å². The molecule has 0 unspecified atom stereocenters. The summed E-state index contributed by atoms with van der Waals surface area (Å²) in [6.45, 7) is 0. The minimum absolute atomic E-state index is 0.130. The van der Waals surface area contributed by atoms with Crippen molar-refractivity contribution < 1.29 is 4.79 Å². The molecule has 0 bridgehead atoms. The van der Waals surface area contributed by atoms with Crippen molar-refractivity contribution in [2.24, 2.45) is 0 Å². The van der Waals surface area contributed by atoms with E-state index < -0.39 is 0 Å². The molecule has 1 aliphatic rings. The van der Waals surface area contributed by atoms with Crippen LogP contribution in [0.4, 0.5) is 10.8 Å². The van der Waals surface area contributed by atoms with Crippen LogP contribution in [-0.4, -0.2) is 15.9 Å². The second kappa shape index (κ2) is 4.79. The van der Waals surface area contributed by atoms with Gasteiger partial charge in [0.2, 0.25) is 0 Å². The molecule has 98 valence electrons. The topological polar surface area (TPSA) is 80.9 Å². The number of nitrogens with zero attached hydrogens (tertiary/aromatic N) is 2. The summed E-state index contributed by atoms with van der Waals surface area (Å²) in [4.78, 5) is 20.3. The summed E-state index contributed by atoms with van der Waals surface area (Å²) in [6.07, 6.45) is 3.78. The van der Waals surface area contributed by atoms with E-state index >= 15 is 0 Å². The zero-order valence-corrected chi connectivity index (χ0v) is 11.5. The Morgan fingerprint density at radius 1 is 1.53 bits per heavy atom. The minimum Gasteiger partial charge on any atom is -0.397 e. The molecule has 0 saturated heterocycles. The van der Waals surface area contributed by atoms with Crippen LogP contribution in [0.15, 0.2) is 17.6 Å². The lowest BCUT2D eigenvalue weighted by atomic mass is 10.2. The van der Waals surface area contributed by atoms with Crippen molar-refractivity contribution in [3.63, 3.8) is 0 Å². The number of rotatable bonds is 3. The number of halogens is 1. The first-order valence-electron chi connectivity index (χ1n) is 5.81. The number of nitrogens with one attached hydrogen (secondary N) is 1. The van der Waals surface area contributed by atoms with Crippen LogP contribution in [0.2, 0.25) is 5.15 Å². The van der Waals surface area contributed by atoms with Gasteiger partial charge in [0.1, 0.15) is 5.15 Å². The maximum absolute atomic E-state index is 12.1. The molecule has 3 N–H and O–H groups in total. The Labute approximate surface area is 118 Å². The fourth-order valence-corrected chi connectivity index (χ4v) is 2.67. The summed E-state index contributed by atoms with van der Waals surface area (Å²) in [5, 5.41) is 5.40. The van der Waals surface area contributed by atoms with Crippen LogP contribution in [-0.2, 0) is 0 Å². The van der Waals surface area contributed by atoms with E-state index in [4.69, 9.17) is 17.3 Å². The predicted octanol–water partition coefficient (Wildman–Crippen LogP) is 2.90. The van der Waals surface area contributed by atoms with Gasteiger partial charge in [-0.1, -0.05) is 11.6 Å². The molecule has 0 spiro atoms. The van der Waals surface area contributed by atoms with Crippen LogP contribution < -0.4 is 11.1 Å². The lowest BCUT2D eigenvalue weighted by Crippen LogP contribution is -2.13. The van der Waals surface area contributed by atoms with Crippen molar-refractivity contribution in [2.45, 2.75) is 18.8 Å². The van der Waals surface area contributed by atoms with Gasteiger partial charge in [0, 0.05) is 11.3 Å². The summed E-state index contributed by atoms with van der Waals surface area (Å²) in [6, 6.07) is 1.50.